The summed E-state index contributed by atoms with van der Waals surface area (Å²) in [6.07, 6.45) is 1.94. The van der Waals surface area contributed by atoms with Crippen LogP contribution < -0.4 is 0 Å². The first kappa shape index (κ1) is 19.8. The molecule has 0 N–H and O–H groups in total. The van der Waals surface area contributed by atoms with Gasteiger partial charge in [-0.2, -0.15) is 0 Å². The Morgan fingerprint density at radius 1 is 1.41 bits per heavy atom. The zero-order valence-electron chi connectivity index (χ0n) is 15.5. The standard InChI is InChI=1S/C20H23ClN2O3S/c1-3-26-19(25)20(11-15-6-4-7-16(21)10-15)8-5-9-23(12-20)18(24)17-14(2)22-13-27-17/h4,6-7,10,13H,3,5,8-9,11-12H2,1-2H3/t20-/m0/s1. The van der Waals surface area contributed by atoms with Gasteiger partial charge in [0, 0.05) is 18.1 Å². The molecule has 0 radical (unpaired) electrons. The van der Waals surface area contributed by atoms with Crippen LogP contribution in [0.1, 0.15) is 40.7 Å². The fraction of sp³-hybridized carbons (Fsp3) is 0.450. The van der Waals surface area contributed by atoms with Crippen molar-refractivity contribution in [3.8, 4) is 0 Å². The molecule has 1 aliphatic heterocycles. The molecule has 3 rings (SSSR count). The zero-order chi connectivity index (χ0) is 19.4. The van der Waals surface area contributed by atoms with E-state index >= 15 is 0 Å². The number of nitrogens with zero attached hydrogens (tertiary/aromatic N) is 2. The Labute approximate surface area is 168 Å². The number of ether oxygens (including phenoxy) is 1. The van der Waals surface area contributed by atoms with Crippen LogP contribution in [0.4, 0.5) is 0 Å². The third kappa shape index (κ3) is 4.33. The van der Waals surface area contributed by atoms with Crippen LogP contribution in [0.3, 0.4) is 0 Å². The van der Waals surface area contributed by atoms with E-state index in [1.54, 1.807) is 17.3 Å². The maximum absolute atomic E-state index is 13.0. The van der Waals surface area contributed by atoms with E-state index < -0.39 is 5.41 Å². The lowest BCUT2D eigenvalue weighted by Gasteiger charge is -2.41. The first-order valence-electron chi connectivity index (χ1n) is 9.06. The number of carbonyl (C=O) groups excluding carboxylic acids is 2. The second-order valence-corrected chi connectivity index (χ2v) is 8.20. The van der Waals surface area contributed by atoms with E-state index in [0.717, 1.165) is 17.7 Å². The summed E-state index contributed by atoms with van der Waals surface area (Å²) < 4.78 is 5.41. The molecular formula is C20H23ClN2O3S. The average Bonchev–Trinajstić information content (AvgIpc) is 3.07. The number of esters is 1. The van der Waals surface area contributed by atoms with Gasteiger partial charge in [0.2, 0.25) is 0 Å². The van der Waals surface area contributed by atoms with Crippen molar-refractivity contribution in [2.75, 3.05) is 19.7 Å². The fourth-order valence-corrected chi connectivity index (χ4v) is 4.64. The van der Waals surface area contributed by atoms with E-state index in [-0.39, 0.29) is 11.9 Å². The molecule has 0 unspecified atom stereocenters. The zero-order valence-corrected chi connectivity index (χ0v) is 17.1. The third-order valence-electron chi connectivity index (χ3n) is 4.94. The highest BCUT2D eigenvalue weighted by atomic mass is 35.5. The van der Waals surface area contributed by atoms with Gasteiger partial charge in [0.05, 0.1) is 23.2 Å². The average molecular weight is 407 g/mol. The third-order valence-corrected chi connectivity index (χ3v) is 6.10. The molecule has 144 valence electrons. The van der Waals surface area contributed by atoms with Crippen LogP contribution in [0.2, 0.25) is 5.02 Å². The monoisotopic (exact) mass is 406 g/mol. The lowest BCUT2D eigenvalue weighted by atomic mass is 9.75. The first-order valence-corrected chi connectivity index (χ1v) is 10.3. The van der Waals surface area contributed by atoms with Gasteiger partial charge in [0.1, 0.15) is 4.88 Å². The van der Waals surface area contributed by atoms with Gasteiger partial charge < -0.3 is 9.64 Å². The minimum atomic E-state index is -0.757. The molecule has 0 spiro atoms. The molecule has 1 atom stereocenters. The summed E-state index contributed by atoms with van der Waals surface area (Å²) in [6.45, 7) is 4.93. The number of hydrogen-bond acceptors (Lipinski definition) is 5. The first-order chi connectivity index (χ1) is 12.9. The van der Waals surface area contributed by atoms with Gasteiger partial charge in [-0.3, -0.25) is 9.59 Å². The molecule has 27 heavy (non-hydrogen) atoms. The second-order valence-electron chi connectivity index (χ2n) is 6.90. The maximum atomic E-state index is 13.0. The summed E-state index contributed by atoms with van der Waals surface area (Å²) >= 11 is 7.47. The molecule has 0 aliphatic carbocycles. The molecule has 0 bridgehead atoms. The number of hydrogen-bond donors (Lipinski definition) is 0. The number of aryl methyl sites for hydroxylation is 1. The summed E-state index contributed by atoms with van der Waals surface area (Å²) in [5.74, 6) is -0.307. The molecule has 2 heterocycles. The predicted octanol–water partition coefficient (Wildman–Crippen LogP) is 4.13. The molecule has 1 saturated heterocycles. The Kier molecular flexibility index (Phi) is 6.17. The van der Waals surface area contributed by atoms with Gasteiger partial charge in [-0.05, 0) is 50.8 Å². The second kappa shape index (κ2) is 8.40. The highest BCUT2D eigenvalue weighted by molar-refractivity contribution is 7.11. The number of benzene rings is 1. The summed E-state index contributed by atoms with van der Waals surface area (Å²) in [7, 11) is 0. The number of aromatic nitrogens is 1. The number of likely N-dealkylation sites (tertiary alicyclic amines) is 1. The van der Waals surface area contributed by atoms with E-state index in [4.69, 9.17) is 16.3 Å². The van der Waals surface area contributed by atoms with Crippen molar-refractivity contribution in [1.29, 1.82) is 0 Å². The van der Waals surface area contributed by atoms with Crippen LogP contribution in [-0.4, -0.2) is 41.5 Å². The maximum Gasteiger partial charge on any atom is 0.314 e. The van der Waals surface area contributed by atoms with E-state index in [0.29, 0.717) is 42.4 Å². The summed E-state index contributed by atoms with van der Waals surface area (Å²) in [5, 5.41) is 0.635. The number of amides is 1. The quantitative estimate of drug-likeness (QED) is 0.700. The van der Waals surface area contributed by atoms with Gasteiger partial charge >= 0.3 is 5.97 Å². The molecule has 0 saturated carbocycles. The van der Waals surface area contributed by atoms with Crippen molar-refractivity contribution in [2.24, 2.45) is 5.41 Å². The summed E-state index contributed by atoms with van der Waals surface area (Å²) in [6, 6.07) is 7.52. The number of carbonyl (C=O) groups is 2. The van der Waals surface area contributed by atoms with Crippen molar-refractivity contribution < 1.29 is 14.3 Å². The SMILES string of the molecule is CCOC(=O)[C@]1(Cc2cccc(Cl)c2)CCCN(C(=O)c2scnc2C)C1. The van der Waals surface area contributed by atoms with Crippen molar-refractivity contribution >= 4 is 34.8 Å². The number of rotatable bonds is 5. The largest absolute Gasteiger partial charge is 0.466 e. The Hall–Kier alpha value is -1.92. The van der Waals surface area contributed by atoms with Crippen LogP contribution >= 0.6 is 22.9 Å². The lowest BCUT2D eigenvalue weighted by Crippen LogP contribution is -2.51. The van der Waals surface area contributed by atoms with Crippen molar-refractivity contribution in [2.45, 2.75) is 33.1 Å². The molecule has 1 aromatic heterocycles. The predicted molar refractivity (Wildman–Crippen MR) is 106 cm³/mol. The van der Waals surface area contributed by atoms with Crippen LogP contribution in [-0.2, 0) is 16.0 Å². The lowest BCUT2D eigenvalue weighted by molar-refractivity contribution is -0.158. The molecule has 7 heteroatoms. The summed E-state index contributed by atoms with van der Waals surface area (Å²) in [5.41, 5.74) is 2.62. The molecule has 2 aromatic rings. The summed E-state index contributed by atoms with van der Waals surface area (Å²) in [4.78, 5) is 32.5. The number of thiazole rings is 1. The Morgan fingerprint density at radius 3 is 2.89 bits per heavy atom. The van der Waals surface area contributed by atoms with Gasteiger partial charge in [-0.1, -0.05) is 23.7 Å². The van der Waals surface area contributed by atoms with E-state index in [2.05, 4.69) is 4.98 Å². The smallest absolute Gasteiger partial charge is 0.314 e. The minimum absolute atomic E-state index is 0.0607. The van der Waals surface area contributed by atoms with E-state index in [1.165, 1.54) is 11.3 Å². The van der Waals surface area contributed by atoms with E-state index in [1.807, 2.05) is 31.2 Å². The number of halogens is 1. The van der Waals surface area contributed by atoms with Crippen LogP contribution in [0.15, 0.2) is 29.8 Å². The molecular weight excluding hydrogens is 384 g/mol. The highest BCUT2D eigenvalue weighted by Gasteiger charge is 2.45. The van der Waals surface area contributed by atoms with Crippen molar-refractivity contribution in [3.05, 3.63) is 50.9 Å². The van der Waals surface area contributed by atoms with Crippen LogP contribution in [0.5, 0.6) is 0 Å². The normalized spacial score (nSPS) is 19.7. The molecule has 1 aliphatic rings. The Balaban J connectivity index is 1.89. The minimum Gasteiger partial charge on any atom is -0.466 e. The molecule has 1 aromatic carbocycles. The van der Waals surface area contributed by atoms with Crippen LogP contribution in [0, 0.1) is 12.3 Å². The van der Waals surface area contributed by atoms with Crippen molar-refractivity contribution in [1.82, 2.24) is 9.88 Å². The van der Waals surface area contributed by atoms with Crippen molar-refractivity contribution in [3.63, 3.8) is 0 Å². The Morgan fingerprint density at radius 2 is 2.22 bits per heavy atom. The fourth-order valence-electron chi connectivity index (χ4n) is 3.66. The number of piperidine rings is 1. The van der Waals surface area contributed by atoms with Gasteiger partial charge in [0.25, 0.3) is 5.91 Å². The highest BCUT2D eigenvalue weighted by Crippen LogP contribution is 2.36. The van der Waals surface area contributed by atoms with Gasteiger partial charge in [0.15, 0.2) is 0 Å². The topological polar surface area (TPSA) is 59.5 Å². The van der Waals surface area contributed by atoms with Gasteiger partial charge in [-0.15, -0.1) is 11.3 Å². The molecule has 5 nitrogen and oxygen atoms in total. The Bertz CT molecular complexity index is 838. The van der Waals surface area contributed by atoms with E-state index in [9.17, 15) is 9.59 Å². The molecule has 1 fully saturated rings. The van der Waals surface area contributed by atoms with Crippen LogP contribution in [0.25, 0.3) is 0 Å². The molecule has 1 amide bonds. The van der Waals surface area contributed by atoms with Gasteiger partial charge in [-0.25, -0.2) is 4.98 Å².